The van der Waals surface area contributed by atoms with Crippen LogP contribution >= 0.6 is 11.3 Å². The zero-order valence-electron chi connectivity index (χ0n) is 11.9. The molecule has 21 heavy (non-hydrogen) atoms. The smallest absolute Gasteiger partial charge is 0.254 e. The van der Waals surface area contributed by atoms with E-state index in [9.17, 15) is 0 Å². The van der Waals surface area contributed by atoms with Gasteiger partial charge >= 0.3 is 0 Å². The minimum Gasteiger partial charge on any atom is -0.375 e. The van der Waals surface area contributed by atoms with E-state index in [1.165, 1.54) is 4.88 Å². The Morgan fingerprint density at radius 2 is 2.14 bits per heavy atom. The first-order chi connectivity index (χ1) is 10.1. The summed E-state index contributed by atoms with van der Waals surface area (Å²) >= 11 is 1.57. The Morgan fingerprint density at radius 3 is 3.00 bits per heavy atom. The van der Waals surface area contributed by atoms with Gasteiger partial charge in [0.05, 0.1) is 12.2 Å². The van der Waals surface area contributed by atoms with Gasteiger partial charge in [-0.25, -0.2) is 9.97 Å². The molecule has 0 fully saturated rings. The van der Waals surface area contributed by atoms with Crippen LogP contribution in [0.5, 0.6) is 0 Å². The molecular weight excluding hydrogens is 286 g/mol. The number of hydrogen-bond donors (Lipinski definition) is 1. The van der Waals surface area contributed by atoms with Crippen LogP contribution in [-0.2, 0) is 13.0 Å². The second-order valence-electron chi connectivity index (χ2n) is 5.21. The van der Waals surface area contributed by atoms with Crippen LogP contribution in [0.15, 0.2) is 6.33 Å². The van der Waals surface area contributed by atoms with Gasteiger partial charge in [-0.05, 0) is 13.8 Å². The number of aryl methyl sites for hydroxylation is 1. The van der Waals surface area contributed by atoms with Crippen molar-refractivity contribution in [3.05, 3.63) is 28.2 Å². The fraction of sp³-hybridized carbons (Fsp3) is 0.385. The van der Waals surface area contributed by atoms with Crippen LogP contribution in [-0.4, -0.2) is 31.1 Å². The van der Waals surface area contributed by atoms with Crippen LogP contribution in [0.2, 0.25) is 0 Å². The van der Waals surface area contributed by atoms with Gasteiger partial charge in [-0.2, -0.15) is 14.6 Å². The molecule has 1 aliphatic heterocycles. The predicted octanol–water partition coefficient (Wildman–Crippen LogP) is 1.34. The number of anilines is 2. The van der Waals surface area contributed by atoms with E-state index in [2.05, 4.69) is 31.9 Å². The van der Waals surface area contributed by atoms with E-state index >= 15 is 0 Å². The number of nitrogens with zero attached hydrogens (tertiary/aromatic N) is 6. The third-order valence-electron chi connectivity index (χ3n) is 3.92. The molecule has 0 aliphatic carbocycles. The molecule has 0 saturated heterocycles. The molecule has 0 amide bonds. The van der Waals surface area contributed by atoms with E-state index in [4.69, 9.17) is 5.73 Å². The summed E-state index contributed by atoms with van der Waals surface area (Å²) in [5, 5.41) is 4.97. The number of hydrogen-bond acceptors (Lipinski definition) is 7. The number of thiazole rings is 1. The van der Waals surface area contributed by atoms with Crippen molar-refractivity contribution in [2.45, 2.75) is 26.8 Å². The van der Waals surface area contributed by atoms with Crippen molar-refractivity contribution in [2.75, 3.05) is 17.2 Å². The molecule has 1 aliphatic rings. The first-order valence-electron chi connectivity index (χ1n) is 6.79. The topological polar surface area (TPSA) is 85.2 Å². The molecule has 108 valence electrons. The third-order valence-corrected chi connectivity index (χ3v) is 4.84. The van der Waals surface area contributed by atoms with E-state index in [1.807, 2.05) is 11.4 Å². The molecule has 0 aromatic carbocycles. The Balaban J connectivity index is 1.84. The summed E-state index contributed by atoms with van der Waals surface area (Å²) in [5.74, 6) is 1.70. The Kier molecular flexibility index (Phi) is 2.61. The van der Waals surface area contributed by atoms with Crippen LogP contribution in [0.25, 0.3) is 5.78 Å². The largest absolute Gasteiger partial charge is 0.375 e. The number of rotatable bonds is 1. The van der Waals surface area contributed by atoms with Gasteiger partial charge < -0.3 is 10.6 Å². The maximum atomic E-state index is 5.82. The van der Waals surface area contributed by atoms with Crippen LogP contribution in [0.4, 0.5) is 10.9 Å². The van der Waals surface area contributed by atoms with E-state index in [0.717, 1.165) is 42.3 Å². The van der Waals surface area contributed by atoms with Gasteiger partial charge in [-0.3, -0.25) is 0 Å². The minimum absolute atomic E-state index is 0.641. The predicted molar refractivity (Wildman–Crippen MR) is 81.5 cm³/mol. The van der Waals surface area contributed by atoms with Crippen molar-refractivity contribution in [3.8, 4) is 0 Å². The van der Waals surface area contributed by atoms with Crippen molar-refractivity contribution in [1.29, 1.82) is 0 Å². The van der Waals surface area contributed by atoms with E-state index in [-0.39, 0.29) is 0 Å². The molecule has 0 radical (unpaired) electrons. The van der Waals surface area contributed by atoms with Crippen molar-refractivity contribution in [3.63, 3.8) is 0 Å². The van der Waals surface area contributed by atoms with E-state index < -0.39 is 0 Å². The molecule has 0 saturated carbocycles. The Labute approximate surface area is 125 Å². The summed E-state index contributed by atoms with van der Waals surface area (Å²) in [4.78, 5) is 16.6. The lowest BCUT2D eigenvalue weighted by atomic mass is 10.1. The highest BCUT2D eigenvalue weighted by Gasteiger charge is 2.24. The zero-order valence-corrected chi connectivity index (χ0v) is 12.7. The number of fused-ring (bicyclic) bond motifs is 2. The van der Waals surface area contributed by atoms with Gasteiger partial charge in [-0.1, -0.05) is 0 Å². The molecule has 0 unspecified atom stereocenters. The van der Waals surface area contributed by atoms with Crippen LogP contribution in [0.3, 0.4) is 0 Å². The van der Waals surface area contributed by atoms with E-state index in [0.29, 0.717) is 10.9 Å². The second kappa shape index (κ2) is 4.39. The lowest BCUT2D eigenvalue weighted by molar-refractivity contribution is 0.696. The quantitative estimate of drug-likeness (QED) is 0.730. The summed E-state index contributed by atoms with van der Waals surface area (Å²) < 4.78 is 1.82. The maximum Gasteiger partial charge on any atom is 0.254 e. The summed E-state index contributed by atoms with van der Waals surface area (Å²) in [7, 11) is 0. The van der Waals surface area contributed by atoms with Crippen LogP contribution < -0.4 is 10.6 Å². The van der Waals surface area contributed by atoms with Crippen LogP contribution in [0, 0.1) is 13.8 Å². The second-order valence-corrected chi connectivity index (χ2v) is 6.33. The van der Waals surface area contributed by atoms with Crippen molar-refractivity contribution in [2.24, 2.45) is 0 Å². The van der Waals surface area contributed by atoms with Crippen molar-refractivity contribution >= 4 is 28.1 Å². The van der Waals surface area contributed by atoms with Gasteiger partial charge in [0.15, 0.2) is 5.13 Å². The first kappa shape index (κ1) is 12.5. The number of nitrogen functional groups attached to an aromatic ring is 1. The highest BCUT2D eigenvalue weighted by molar-refractivity contribution is 7.15. The van der Waals surface area contributed by atoms with Gasteiger partial charge in [0.2, 0.25) is 0 Å². The Bertz CT molecular complexity index is 835. The molecule has 4 heterocycles. The molecular formula is C13H15N7S. The summed E-state index contributed by atoms with van der Waals surface area (Å²) in [5.41, 5.74) is 9.07. The van der Waals surface area contributed by atoms with Gasteiger partial charge in [0, 0.05) is 29.1 Å². The molecule has 8 heteroatoms. The third kappa shape index (κ3) is 1.86. The molecule has 3 aromatic rings. The average molecular weight is 301 g/mol. The summed E-state index contributed by atoms with van der Waals surface area (Å²) in [6.07, 6.45) is 2.45. The first-order valence-corrected chi connectivity index (χ1v) is 7.61. The fourth-order valence-corrected chi connectivity index (χ4v) is 3.68. The molecule has 0 spiro atoms. The number of nitrogens with two attached hydrogens (primary N) is 1. The fourth-order valence-electron chi connectivity index (χ4n) is 2.78. The van der Waals surface area contributed by atoms with Crippen LogP contribution in [0.1, 0.15) is 21.8 Å². The highest BCUT2D eigenvalue weighted by atomic mass is 32.1. The minimum atomic E-state index is 0.641. The number of aromatic nitrogens is 5. The molecule has 0 bridgehead atoms. The monoisotopic (exact) mass is 301 g/mol. The molecule has 7 nitrogen and oxygen atoms in total. The maximum absolute atomic E-state index is 5.82. The van der Waals surface area contributed by atoms with Gasteiger partial charge in [-0.15, -0.1) is 11.3 Å². The normalized spacial score (nSPS) is 14.7. The summed E-state index contributed by atoms with van der Waals surface area (Å²) in [6, 6.07) is 0. The van der Waals surface area contributed by atoms with E-state index in [1.54, 1.807) is 17.7 Å². The van der Waals surface area contributed by atoms with Crippen molar-refractivity contribution in [1.82, 2.24) is 24.6 Å². The van der Waals surface area contributed by atoms with Gasteiger partial charge in [0.25, 0.3) is 5.78 Å². The lowest BCUT2D eigenvalue weighted by Crippen LogP contribution is -2.32. The Hall–Kier alpha value is -2.22. The molecule has 2 N–H and O–H groups in total. The zero-order chi connectivity index (χ0) is 14.6. The molecule has 4 rings (SSSR count). The standard InChI is InChI=1S/C13H15N7S/c1-7-8(2)17-13-15-6-16-20(13)11(7)19-4-3-9-10(5-19)21-12(14)18-9/h6H,3-5H2,1-2H3,(H2,14,18). The van der Waals surface area contributed by atoms with Crippen molar-refractivity contribution < 1.29 is 0 Å². The SMILES string of the molecule is Cc1nc2ncnn2c(N2CCc3nc(N)sc3C2)c1C. The molecule has 3 aromatic heterocycles. The Morgan fingerprint density at radius 1 is 1.29 bits per heavy atom. The lowest BCUT2D eigenvalue weighted by Gasteiger charge is -2.29. The van der Waals surface area contributed by atoms with Gasteiger partial charge in [0.1, 0.15) is 12.1 Å². The molecule has 0 atom stereocenters. The average Bonchev–Trinajstić information content (AvgIpc) is 3.04. The summed E-state index contributed by atoms with van der Waals surface area (Å²) in [6.45, 7) is 5.79. The highest BCUT2D eigenvalue weighted by Crippen LogP contribution is 2.31.